The number of rotatable bonds is 1. The smallest absolute Gasteiger partial charge is 0.105 e. The van der Waals surface area contributed by atoms with Crippen molar-refractivity contribution in [2.45, 2.75) is 13.8 Å². The van der Waals surface area contributed by atoms with E-state index in [-0.39, 0.29) is 0 Å². The zero-order chi connectivity index (χ0) is 11.0. The van der Waals surface area contributed by atoms with Crippen LogP contribution in [0.4, 0.5) is 0 Å². The molecule has 0 bridgehead atoms. The Morgan fingerprint density at radius 1 is 1.27 bits per heavy atom. The quantitative estimate of drug-likeness (QED) is 0.742. The number of aromatic nitrogens is 3. The van der Waals surface area contributed by atoms with Crippen LogP contribution in [0.1, 0.15) is 11.4 Å². The molecule has 2 aromatic heterocycles. The first-order valence-electron chi connectivity index (χ1n) is 4.72. The van der Waals surface area contributed by atoms with E-state index in [1.807, 2.05) is 39.1 Å². The molecule has 0 saturated heterocycles. The van der Waals surface area contributed by atoms with Crippen molar-refractivity contribution in [3.63, 3.8) is 0 Å². The van der Waals surface area contributed by atoms with Crippen LogP contribution in [0.25, 0.3) is 11.4 Å². The van der Waals surface area contributed by atoms with Crippen LogP contribution in [0, 0.1) is 13.8 Å². The summed E-state index contributed by atoms with van der Waals surface area (Å²) in [5, 5.41) is 4.94. The molecule has 2 aromatic rings. The largest absolute Gasteiger partial charge is 0.265 e. The van der Waals surface area contributed by atoms with Gasteiger partial charge in [0.15, 0.2) is 0 Å². The summed E-state index contributed by atoms with van der Waals surface area (Å²) in [7, 11) is 1.87. The van der Waals surface area contributed by atoms with Gasteiger partial charge in [0.25, 0.3) is 0 Å². The van der Waals surface area contributed by atoms with Crippen molar-refractivity contribution in [2.24, 2.45) is 7.05 Å². The Morgan fingerprint density at radius 2 is 2.00 bits per heavy atom. The Bertz CT molecular complexity index is 503. The number of halogens is 1. The van der Waals surface area contributed by atoms with E-state index in [2.05, 4.69) is 10.1 Å². The molecular weight excluding hydrogens is 210 g/mol. The van der Waals surface area contributed by atoms with E-state index in [4.69, 9.17) is 11.6 Å². The van der Waals surface area contributed by atoms with E-state index in [1.165, 1.54) is 0 Å². The Morgan fingerprint density at radius 3 is 2.53 bits per heavy atom. The molecule has 0 aliphatic heterocycles. The number of hydrogen-bond donors (Lipinski definition) is 0. The maximum Gasteiger partial charge on any atom is 0.105 e. The lowest BCUT2D eigenvalue weighted by molar-refractivity contribution is 0.761. The molecule has 4 heteroatoms. The van der Waals surface area contributed by atoms with Gasteiger partial charge in [0.2, 0.25) is 0 Å². The van der Waals surface area contributed by atoms with Crippen molar-refractivity contribution < 1.29 is 0 Å². The van der Waals surface area contributed by atoms with Crippen LogP contribution < -0.4 is 0 Å². The maximum absolute atomic E-state index is 6.18. The molecule has 3 nitrogen and oxygen atoms in total. The fourth-order valence-electron chi connectivity index (χ4n) is 1.59. The molecule has 0 aromatic carbocycles. The van der Waals surface area contributed by atoms with Crippen molar-refractivity contribution in [2.75, 3.05) is 0 Å². The molecule has 0 unspecified atom stereocenters. The van der Waals surface area contributed by atoms with Gasteiger partial charge in [0.05, 0.1) is 16.4 Å². The average molecular weight is 222 g/mol. The van der Waals surface area contributed by atoms with Crippen LogP contribution in [0.5, 0.6) is 0 Å². The van der Waals surface area contributed by atoms with Crippen molar-refractivity contribution in [3.05, 3.63) is 34.6 Å². The molecule has 0 aliphatic carbocycles. The van der Waals surface area contributed by atoms with Gasteiger partial charge < -0.3 is 0 Å². The Balaban J connectivity index is 2.63. The van der Waals surface area contributed by atoms with Crippen molar-refractivity contribution in [1.82, 2.24) is 14.8 Å². The first kappa shape index (κ1) is 10.2. The average Bonchev–Trinajstić information content (AvgIpc) is 2.41. The zero-order valence-corrected chi connectivity index (χ0v) is 9.71. The van der Waals surface area contributed by atoms with Crippen LogP contribution in [0.3, 0.4) is 0 Å². The minimum Gasteiger partial charge on any atom is -0.265 e. The summed E-state index contributed by atoms with van der Waals surface area (Å²) in [6, 6.07) is 5.87. The van der Waals surface area contributed by atoms with E-state index < -0.39 is 0 Å². The molecule has 0 N–H and O–H groups in total. The second-order valence-electron chi connectivity index (χ2n) is 3.54. The molecule has 0 radical (unpaired) electrons. The molecule has 2 rings (SSSR count). The van der Waals surface area contributed by atoms with Gasteiger partial charge in [-0.15, -0.1) is 0 Å². The number of pyridine rings is 1. The highest BCUT2D eigenvalue weighted by Crippen LogP contribution is 2.28. The van der Waals surface area contributed by atoms with Gasteiger partial charge in [-0.3, -0.25) is 9.67 Å². The molecule has 15 heavy (non-hydrogen) atoms. The maximum atomic E-state index is 6.18. The summed E-state index contributed by atoms with van der Waals surface area (Å²) in [5.41, 5.74) is 3.54. The van der Waals surface area contributed by atoms with Gasteiger partial charge in [0, 0.05) is 12.7 Å². The van der Waals surface area contributed by atoms with Crippen LogP contribution in [0.2, 0.25) is 5.02 Å². The Kier molecular flexibility index (Phi) is 2.49. The zero-order valence-electron chi connectivity index (χ0n) is 8.95. The summed E-state index contributed by atoms with van der Waals surface area (Å²) in [6.45, 7) is 3.85. The Labute approximate surface area is 93.7 Å². The number of nitrogens with zero attached hydrogens (tertiary/aromatic N) is 3. The predicted molar refractivity (Wildman–Crippen MR) is 60.9 cm³/mol. The SMILES string of the molecule is Cc1cccc(-c2c(Cl)c(C)nn2C)n1. The van der Waals surface area contributed by atoms with Gasteiger partial charge in [-0.1, -0.05) is 17.7 Å². The van der Waals surface area contributed by atoms with Gasteiger partial charge in [-0.05, 0) is 26.0 Å². The lowest BCUT2D eigenvalue weighted by Crippen LogP contribution is -1.96. The van der Waals surface area contributed by atoms with E-state index in [1.54, 1.807) is 4.68 Å². The standard InChI is InChI=1S/C11H12ClN3/c1-7-5-4-6-9(13-7)11-10(12)8(2)14-15(11)3/h4-6H,1-3H3. The highest BCUT2D eigenvalue weighted by Gasteiger charge is 2.13. The minimum atomic E-state index is 0.676. The summed E-state index contributed by atoms with van der Waals surface area (Å²) in [5.74, 6) is 0. The van der Waals surface area contributed by atoms with Gasteiger partial charge in [-0.2, -0.15) is 5.10 Å². The van der Waals surface area contributed by atoms with Crippen molar-refractivity contribution in [3.8, 4) is 11.4 Å². The molecule has 0 amide bonds. The first-order chi connectivity index (χ1) is 7.09. The van der Waals surface area contributed by atoms with Crippen LogP contribution >= 0.6 is 11.6 Å². The normalized spacial score (nSPS) is 10.7. The third-order valence-corrected chi connectivity index (χ3v) is 2.73. The number of hydrogen-bond acceptors (Lipinski definition) is 2. The number of aryl methyl sites for hydroxylation is 3. The van der Waals surface area contributed by atoms with Crippen LogP contribution in [-0.4, -0.2) is 14.8 Å². The highest BCUT2D eigenvalue weighted by molar-refractivity contribution is 6.33. The van der Waals surface area contributed by atoms with E-state index in [0.717, 1.165) is 22.8 Å². The molecule has 78 valence electrons. The lowest BCUT2D eigenvalue weighted by Gasteiger charge is -2.02. The van der Waals surface area contributed by atoms with Gasteiger partial charge >= 0.3 is 0 Å². The lowest BCUT2D eigenvalue weighted by atomic mass is 10.2. The van der Waals surface area contributed by atoms with E-state index in [9.17, 15) is 0 Å². The molecule has 0 saturated carbocycles. The molecule has 0 atom stereocenters. The second kappa shape index (κ2) is 3.66. The third kappa shape index (κ3) is 1.75. The van der Waals surface area contributed by atoms with E-state index in [0.29, 0.717) is 5.02 Å². The molecule has 0 spiro atoms. The summed E-state index contributed by atoms with van der Waals surface area (Å²) < 4.78 is 1.76. The Hall–Kier alpha value is -1.35. The van der Waals surface area contributed by atoms with Crippen LogP contribution in [-0.2, 0) is 7.05 Å². The van der Waals surface area contributed by atoms with Crippen molar-refractivity contribution in [1.29, 1.82) is 0 Å². The summed E-state index contributed by atoms with van der Waals surface area (Å²) in [6.07, 6.45) is 0. The highest BCUT2D eigenvalue weighted by atomic mass is 35.5. The van der Waals surface area contributed by atoms with Crippen LogP contribution in [0.15, 0.2) is 18.2 Å². The van der Waals surface area contributed by atoms with Gasteiger partial charge in [-0.25, -0.2) is 0 Å². The summed E-state index contributed by atoms with van der Waals surface area (Å²) in [4.78, 5) is 4.43. The topological polar surface area (TPSA) is 30.7 Å². The molecular formula is C11H12ClN3. The molecule has 0 aliphatic rings. The molecule has 2 heterocycles. The predicted octanol–water partition coefficient (Wildman–Crippen LogP) is 2.75. The fraction of sp³-hybridized carbons (Fsp3) is 0.273. The molecule has 0 fully saturated rings. The first-order valence-corrected chi connectivity index (χ1v) is 5.10. The minimum absolute atomic E-state index is 0.676. The third-order valence-electron chi connectivity index (χ3n) is 2.28. The summed E-state index contributed by atoms with van der Waals surface area (Å²) >= 11 is 6.18. The van der Waals surface area contributed by atoms with E-state index >= 15 is 0 Å². The fourth-order valence-corrected chi connectivity index (χ4v) is 1.84. The van der Waals surface area contributed by atoms with Crippen molar-refractivity contribution >= 4 is 11.6 Å². The second-order valence-corrected chi connectivity index (χ2v) is 3.91. The van der Waals surface area contributed by atoms with Gasteiger partial charge in [0.1, 0.15) is 5.69 Å². The monoisotopic (exact) mass is 221 g/mol.